The van der Waals surface area contributed by atoms with E-state index in [9.17, 15) is 0 Å². The van der Waals surface area contributed by atoms with Crippen LogP contribution in [0.25, 0.3) is 0 Å². The van der Waals surface area contributed by atoms with Gasteiger partial charge in [-0.05, 0) is 6.08 Å². The Morgan fingerprint density at radius 3 is 2.59 bits per heavy atom. The van der Waals surface area contributed by atoms with E-state index in [4.69, 9.17) is 28.5 Å². The third kappa shape index (κ3) is 1.71. The molecule has 1 aromatic rings. The number of aromatic amines is 1. The quantitative estimate of drug-likeness (QED) is 0.726. The number of hydrogen-bond donors (Lipinski definition) is 2. The minimum absolute atomic E-state index is 0.162. The molecule has 0 spiro atoms. The predicted molar refractivity (Wildman–Crippen MR) is 66.0 cm³/mol. The van der Waals surface area contributed by atoms with E-state index in [0.717, 1.165) is 0 Å². The Bertz CT molecular complexity index is 682. The van der Waals surface area contributed by atoms with Gasteiger partial charge in [0.2, 0.25) is 0 Å². The van der Waals surface area contributed by atoms with Crippen LogP contribution >= 0.6 is 12.2 Å². The largest absolute Gasteiger partial charge is 0.384 e. The van der Waals surface area contributed by atoms with Gasteiger partial charge in [-0.3, -0.25) is 4.99 Å². The maximum Gasteiger partial charge on any atom is 0.123 e. The minimum atomic E-state index is 0.162. The summed E-state index contributed by atoms with van der Waals surface area (Å²) in [7, 11) is 0. The second kappa shape index (κ2) is 4.20. The maximum atomic E-state index is 9.10. The van der Waals surface area contributed by atoms with E-state index in [-0.39, 0.29) is 21.6 Å². The summed E-state index contributed by atoms with van der Waals surface area (Å²) in [5.74, 6) is 0.162. The fraction of sp³-hybridized carbons (Fsp3) is 0.0909. The highest BCUT2D eigenvalue weighted by Gasteiger charge is 2.18. The first-order chi connectivity index (χ1) is 8.19. The number of hydrogen-bond acceptors (Lipinski definition) is 5. The number of nitrogen functional groups attached to an aromatic ring is 1. The van der Waals surface area contributed by atoms with Gasteiger partial charge in [0.1, 0.15) is 28.2 Å². The molecule has 82 valence electrons. The van der Waals surface area contributed by atoms with Crippen molar-refractivity contribution in [1.29, 1.82) is 10.5 Å². The SMILES string of the molecule is N#Cc1c(N)[nH]c(=S)c(C#N)c1C1=NCC=C1. The number of aromatic nitrogens is 1. The summed E-state index contributed by atoms with van der Waals surface area (Å²) in [4.78, 5) is 6.83. The molecule has 0 amide bonds. The van der Waals surface area contributed by atoms with Gasteiger partial charge in [-0.15, -0.1) is 0 Å². The Morgan fingerprint density at radius 1 is 1.35 bits per heavy atom. The number of pyridine rings is 1. The normalized spacial score (nSPS) is 12.9. The van der Waals surface area contributed by atoms with Gasteiger partial charge in [-0.1, -0.05) is 18.3 Å². The third-order valence-electron chi connectivity index (χ3n) is 2.37. The fourth-order valence-electron chi connectivity index (χ4n) is 1.63. The number of H-pyrrole nitrogens is 1. The van der Waals surface area contributed by atoms with Gasteiger partial charge in [0.15, 0.2) is 0 Å². The molecule has 5 nitrogen and oxygen atoms in total. The van der Waals surface area contributed by atoms with Crippen LogP contribution in [0.4, 0.5) is 5.82 Å². The Balaban J connectivity index is 2.89. The number of nitrogens with one attached hydrogen (secondary N) is 1. The highest BCUT2D eigenvalue weighted by Crippen LogP contribution is 2.22. The minimum Gasteiger partial charge on any atom is -0.384 e. The topological polar surface area (TPSA) is 102 Å². The molecule has 0 atom stereocenters. The van der Waals surface area contributed by atoms with E-state index in [2.05, 4.69) is 9.98 Å². The van der Waals surface area contributed by atoms with Crippen LogP contribution in [-0.4, -0.2) is 17.2 Å². The van der Waals surface area contributed by atoms with Crippen LogP contribution in [0.3, 0.4) is 0 Å². The average Bonchev–Trinajstić information content (AvgIpc) is 2.81. The van der Waals surface area contributed by atoms with Crippen LogP contribution in [0.15, 0.2) is 17.1 Å². The van der Waals surface area contributed by atoms with Crippen LogP contribution in [0, 0.1) is 27.3 Å². The Kier molecular flexibility index (Phi) is 2.73. The highest BCUT2D eigenvalue weighted by atomic mass is 32.1. The molecule has 0 saturated heterocycles. The molecule has 0 unspecified atom stereocenters. The third-order valence-corrected chi connectivity index (χ3v) is 2.67. The Labute approximate surface area is 103 Å². The van der Waals surface area contributed by atoms with Gasteiger partial charge in [0.05, 0.1) is 17.8 Å². The predicted octanol–water partition coefficient (Wildman–Crippen LogP) is 1.43. The van der Waals surface area contributed by atoms with Gasteiger partial charge in [0.25, 0.3) is 0 Å². The Hall–Kier alpha value is -2.44. The first-order valence-electron chi connectivity index (χ1n) is 4.76. The van der Waals surface area contributed by atoms with Gasteiger partial charge in [-0.2, -0.15) is 10.5 Å². The number of allylic oxidation sites excluding steroid dienone is 1. The number of anilines is 1. The summed E-state index contributed by atoms with van der Waals surface area (Å²) in [6, 6.07) is 3.96. The second-order valence-corrected chi connectivity index (χ2v) is 3.75. The zero-order chi connectivity index (χ0) is 12.4. The molecule has 1 aliphatic heterocycles. The lowest BCUT2D eigenvalue weighted by Gasteiger charge is -2.07. The molecule has 0 bridgehead atoms. The van der Waals surface area contributed by atoms with Gasteiger partial charge in [0, 0.05) is 5.56 Å². The Morgan fingerprint density at radius 2 is 2.06 bits per heavy atom. The molecule has 6 heteroatoms. The summed E-state index contributed by atoms with van der Waals surface area (Å²) >= 11 is 5.02. The number of rotatable bonds is 1. The zero-order valence-corrected chi connectivity index (χ0v) is 9.51. The van der Waals surface area contributed by atoms with Gasteiger partial charge < -0.3 is 10.7 Å². The molecule has 1 aliphatic rings. The van der Waals surface area contributed by atoms with Crippen LogP contribution in [-0.2, 0) is 0 Å². The summed E-state index contributed by atoms with van der Waals surface area (Å²) in [6.07, 6.45) is 3.60. The standard InChI is InChI=1S/C11H7N5S/c12-4-6-9(8-2-1-3-15-8)7(5-13)11(17)16-10(6)14/h1-2H,3H2,(H3,14,16,17). The lowest BCUT2D eigenvalue weighted by Crippen LogP contribution is -2.08. The summed E-state index contributed by atoms with van der Waals surface area (Å²) < 4.78 is 0.224. The molecule has 0 fully saturated rings. The second-order valence-electron chi connectivity index (χ2n) is 3.34. The van der Waals surface area contributed by atoms with E-state index in [0.29, 0.717) is 17.8 Å². The molecule has 3 N–H and O–H groups in total. The van der Waals surface area contributed by atoms with E-state index >= 15 is 0 Å². The van der Waals surface area contributed by atoms with Crippen molar-refractivity contribution in [2.45, 2.75) is 0 Å². The number of nitrogens with zero attached hydrogens (tertiary/aromatic N) is 3. The zero-order valence-electron chi connectivity index (χ0n) is 8.69. The molecule has 0 radical (unpaired) electrons. The molecular formula is C11H7N5S. The number of nitrogens with two attached hydrogens (primary N) is 1. The fourth-order valence-corrected chi connectivity index (χ4v) is 1.89. The monoisotopic (exact) mass is 241 g/mol. The first kappa shape index (κ1) is 11.1. The summed E-state index contributed by atoms with van der Waals surface area (Å²) in [6.45, 7) is 0.538. The molecule has 1 aromatic heterocycles. The van der Waals surface area contributed by atoms with Crippen molar-refractivity contribution in [2.75, 3.05) is 12.3 Å². The molecule has 0 aliphatic carbocycles. The van der Waals surface area contributed by atoms with E-state index in [1.807, 2.05) is 18.2 Å². The molecule has 2 heterocycles. The van der Waals surface area contributed by atoms with Crippen LogP contribution in [0.5, 0.6) is 0 Å². The molecule has 2 rings (SSSR count). The van der Waals surface area contributed by atoms with Crippen molar-refractivity contribution in [3.05, 3.63) is 33.5 Å². The van der Waals surface area contributed by atoms with Gasteiger partial charge in [-0.25, -0.2) is 0 Å². The molecule has 17 heavy (non-hydrogen) atoms. The van der Waals surface area contributed by atoms with E-state index < -0.39 is 0 Å². The van der Waals surface area contributed by atoms with Crippen molar-refractivity contribution in [3.8, 4) is 12.1 Å². The lowest BCUT2D eigenvalue weighted by atomic mass is 10.00. The molecule has 0 saturated carbocycles. The van der Waals surface area contributed by atoms with Crippen molar-refractivity contribution in [2.24, 2.45) is 4.99 Å². The first-order valence-corrected chi connectivity index (χ1v) is 5.17. The summed E-state index contributed by atoms with van der Waals surface area (Å²) in [5, 5.41) is 18.2. The molecular weight excluding hydrogens is 234 g/mol. The van der Waals surface area contributed by atoms with Crippen LogP contribution in [0.1, 0.15) is 16.7 Å². The van der Waals surface area contributed by atoms with Gasteiger partial charge >= 0.3 is 0 Å². The smallest absolute Gasteiger partial charge is 0.123 e. The van der Waals surface area contributed by atoms with Crippen molar-refractivity contribution in [3.63, 3.8) is 0 Å². The lowest BCUT2D eigenvalue weighted by molar-refractivity contribution is 1.24. The molecule has 0 aromatic carbocycles. The number of nitriles is 2. The maximum absolute atomic E-state index is 9.10. The van der Waals surface area contributed by atoms with Crippen molar-refractivity contribution < 1.29 is 0 Å². The van der Waals surface area contributed by atoms with Crippen molar-refractivity contribution >= 4 is 23.7 Å². The summed E-state index contributed by atoms with van der Waals surface area (Å²) in [5.41, 5.74) is 7.13. The highest BCUT2D eigenvalue weighted by molar-refractivity contribution is 7.71. The van der Waals surface area contributed by atoms with E-state index in [1.54, 1.807) is 6.08 Å². The van der Waals surface area contributed by atoms with Crippen LogP contribution in [0.2, 0.25) is 0 Å². The van der Waals surface area contributed by atoms with Crippen LogP contribution < -0.4 is 5.73 Å². The average molecular weight is 241 g/mol. The van der Waals surface area contributed by atoms with E-state index in [1.165, 1.54) is 0 Å². The number of aliphatic imine (C=N–C) groups is 1. The van der Waals surface area contributed by atoms with Crippen molar-refractivity contribution in [1.82, 2.24) is 4.98 Å².